The van der Waals surface area contributed by atoms with Gasteiger partial charge in [-0.15, -0.1) is 11.3 Å². The summed E-state index contributed by atoms with van der Waals surface area (Å²) in [4.78, 5) is 49.4. The summed E-state index contributed by atoms with van der Waals surface area (Å²) in [6.45, 7) is 1.57. The number of halogens is 1. The number of aromatic nitrogens is 2. The van der Waals surface area contributed by atoms with Crippen molar-refractivity contribution in [3.05, 3.63) is 50.6 Å². The van der Waals surface area contributed by atoms with Gasteiger partial charge < -0.3 is 25.8 Å². The fourth-order valence-electron chi connectivity index (χ4n) is 5.02. The van der Waals surface area contributed by atoms with Gasteiger partial charge in [-0.05, 0) is 43.5 Å². The van der Waals surface area contributed by atoms with Crippen LogP contribution in [0.2, 0.25) is 5.02 Å². The van der Waals surface area contributed by atoms with Gasteiger partial charge in [0.05, 0.1) is 11.7 Å². The number of carbonyl (C=O) groups is 3. The number of hydrogen-bond donors (Lipinski definition) is 4. The van der Waals surface area contributed by atoms with Crippen molar-refractivity contribution in [2.75, 3.05) is 20.6 Å². The number of rotatable bonds is 5. The number of nitrogens with one attached hydrogen (secondary N) is 4. The van der Waals surface area contributed by atoms with E-state index in [-0.39, 0.29) is 29.7 Å². The van der Waals surface area contributed by atoms with Crippen molar-refractivity contribution >= 4 is 51.6 Å². The Balaban J connectivity index is 1.34. The summed E-state index contributed by atoms with van der Waals surface area (Å²) in [6.07, 6.45) is 2.46. The monoisotopic (exact) mass is 528 g/mol. The second-order valence-electron chi connectivity index (χ2n) is 9.63. The normalized spacial score (nSPS) is 21.6. The molecule has 1 aliphatic heterocycles. The molecule has 4 N–H and O–H groups in total. The fraction of sp³-hybridized carbons (Fsp3) is 0.440. The number of nitrogens with zero attached hydrogens (tertiary/aromatic N) is 2. The zero-order valence-electron chi connectivity index (χ0n) is 20.2. The molecule has 0 spiro atoms. The van der Waals surface area contributed by atoms with E-state index in [2.05, 4.69) is 25.9 Å². The molecule has 5 rings (SSSR count). The minimum absolute atomic E-state index is 0.0299. The lowest BCUT2D eigenvalue weighted by Gasteiger charge is -2.37. The third-order valence-corrected chi connectivity index (χ3v) is 8.23. The molecule has 1 saturated carbocycles. The van der Waals surface area contributed by atoms with E-state index < -0.39 is 6.04 Å². The number of fused-ring (bicyclic) bond motifs is 2. The predicted octanol–water partition coefficient (Wildman–Crippen LogP) is 2.71. The lowest BCUT2D eigenvalue weighted by molar-refractivity contribution is -0.134. The first kappa shape index (κ1) is 24.7. The summed E-state index contributed by atoms with van der Waals surface area (Å²) in [5.41, 5.74) is 2.21. The van der Waals surface area contributed by atoms with Crippen molar-refractivity contribution in [3.8, 4) is 0 Å². The maximum Gasteiger partial charge on any atom is 0.280 e. The largest absolute Gasteiger partial charge is 0.351 e. The molecule has 190 valence electrons. The zero-order valence-corrected chi connectivity index (χ0v) is 21.8. The van der Waals surface area contributed by atoms with Gasteiger partial charge in [0.2, 0.25) is 5.91 Å². The first-order valence-corrected chi connectivity index (χ1v) is 13.3. The first-order chi connectivity index (χ1) is 17.3. The van der Waals surface area contributed by atoms with Crippen LogP contribution in [0.4, 0.5) is 0 Å². The second kappa shape index (κ2) is 10.2. The van der Waals surface area contributed by atoms with E-state index in [1.807, 2.05) is 6.07 Å². The van der Waals surface area contributed by atoms with Gasteiger partial charge in [0.25, 0.3) is 11.8 Å². The molecule has 3 heterocycles. The van der Waals surface area contributed by atoms with E-state index in [0.717, 1.165) is 41.0 Å². The van der Waals surface area contributed by atoms with Crippen LogP contribution in [0.1, 0.15) is 50.1 Å². The van der Waals surface area contributed by atoms with Crippen molar-refractivity contribution in [2.24, 2.45) is 5.92 Å². The fourth-order valence-corrected chi connectivity index (χ4v) is 6.18. The highest BCUT2D eigenvalue weighted by Crippen LogP contribution is 2.28. The molecule has 1 fully saturated rings. The first-order valence-electron chi connectivity index (χ1n) is 12.1. The van der Waals surface area contributed by atoms with Gasteiger partial charge in [0, 0.05) is 66.4 Å². The number of aromatic amines is 1. The van der Waals surface area contributed by atoms with Crippen LogP contribution in [0.25, 0.3) is 10.9 Å². The second-order valence-corrected chi connectivity index (χ2v) is 11.2. The van der Waals surface area contributed by atoms with Gasteiger partial charge in [0.15, 0.2) is 5.01 Å². The van der Waals surface area contributed by atoms with Crippen LogP contribution in [-0.2, 0) is 17.8 Å². The number of hydrogen-bond acceptors (Lipinski definition) is 6. The van der Waals surface area contributed by atoms with Crippen molar-refractivity contribution in [3.63, 3.8) is 0 Å². The maximum absolute atomic E-state index is 13.2. The Morgan fingerprint density at radius 1 is 1.11 bits per heavy atom. The predicted molar refractivity (Wildman–Crippen MR) is 139 cm³/mol. The van der Waals surface area contributed by atoms with E-state index in [9.17, 15) is 14.4 Å². The van der Waals surface area contributed by atoms with Crippen LogP contribution >= 0.6 is 22.9 Å². The molecule has 3 aromatic rings. The summed E-state index contributed by atoms with van der Waals surface area (Å²) >= 11 is 7.48. The molecule has 3 atom stereocenters. The van der Waals surface area contributed by atoms with Crippen LogP contribution < -0.4 is 16.0 Å². The molecule has 0 unspecified atom stereocenters. The molecule has 11 heteroatoms. The van der Waals surface area contributed by atoms with Gasteiger partial charge in [-0.3, -0.25) is 14.4 Å². The van der Waals surface area contributed by atoms with Crippen LogP contribution in [0.5, 0.6) is 0 Å². The molecule has 2 aromatic heterocycles. The number of H-pyrrole nitrogens is 1. The topological polar surface area (TPSA) is 119 Å². The molecule has 36 heavy (non-hydrogen) atoms. The van der Waals surface area contributed by atoms with E-state index in [0.29, 0.717) is 35.0 Å². The Labute approximate surface area is 218 Å². The Hall–Kier alpha value is -2.95. The Morgan fingerprint density at radius 2 is 1.92 bits per heavy atom. The van der Waals surface area contributed by atoms with Gasteiger partial charge in [-0.2, -0.15) is 0 Å². The highest BCUT2D eigenvalue weighted by atomic mass is 35.5. The average molecular weight is 529 g/mol. The summed E-state index contributed by atoms with van der Waals surface area (Å²) in [7, 11) is 3.47. The molecule has 0 radical (unpaired) electrons. The van der Waals surface area contributed by atoms with Gasteiger partial charge in [-0.25, -0.2) is 4.98 Å². The summed E-state index contributed by atoms with van der Waals surface area (Å²) in [5.74, 6) is -0.721. The van der Waals surface area contributed by atoms with Crippen LogP contribution in [-0.4, -0.2) is 65.3 Å². The van der Waals surface area contributed by atoms with Crippen LogP contribution in [0, 0.1) is 5.92 Å². The molecule has 0 bridgehead atoms. The molecule has 3 amide bonds. The standard InChI is InChI=1S/C25H29ClN6O3S/c1-32(2)25(35)13-3-5-17(29-22(33)20-11-14-9-15(26)4-6-16(14)28-20)19(10-13)30-23(34)24-31-18-7-8-27-12-21(18)36-24/h4,6,9,11,13,17,19,27-28H,3,5,7-8,10,12H2,1-2H3,(H,29,33)(H,30,34)/t13-,17-,19+/m0/s1. The zero-order chi connectivity index (χ0) is 25.4. The van der Waals surface area contributed by atoms with Gasteiger partial charge >= 0.3 is 0 Å². The summed E-state index contributed by atoms with van der Waals surface area (Å²) in [5, 5.41) is 11.3. The minimum Gasteiger partial charge on any atom is -0.351 e. The lowest BCUT2D eigenvalue weighted by Crippen LogP contribution is -2.56. The quantitative estimate of drug-likeness (QED) is 0.406. The van der Waals surface area contributed by atoms with E-state index >= 15 is 0 Å². The van der Waals surface area contributed by atoms with Crippen molar-refractivity contribution in [2.45, 2.75) is 44.3 Å². The van der Waals surface area contributed by atoms with Crippen LogP contribution in [0.3, 0.4) is 0 Å². The summed E-state index contributed by atoms with van der Waals surface area (Å²) < 4.78 is 0. The molecule has 0 saturated heterocycles. The maximum atomic E-state index is 13.2. The van der Waals surface area contributed by atoms with Crippen molar-refractivity contribution in [1.82, 2.24) is 30.8 Å². The third kappa shape index (κ3) is 5.11. The van der Waals surface area contributed by atoms with Gasteiger partial charge in [-0.1, -0.05) is 11.6 Å². The number of thiazole rings is 1. The molecule has 1 aromatic carbocycles. The molecule has 9 nitrogen and oxygen atoms in total. The summed E-state index contributed by atoms with van der Waals surface area (Å²) in [6, 6.07) is 6.44. The van der Waals surface area contributed by atoms with E-state index in [1.165, 1.54) is 11.3 Å². The highest BCUT2D eigenvalue weighted by molar-refractivity contribution is 7.13. The Morgan fingerprint density at radius 3 is 2.69 bits per heavy atom. The Bertz CT molecular complexity index is 1290. The number of carbonyl (C=O) groups excluding carboxylic acids is 3. The lowest BCUT2D eigenvalue weighted by atomic mass is 9.81. The number of amides is 3. The Kier molecular flexibility index (Phi) is 7.00. The van der Waals surface area contributed by atoms with Crippen molar-refractivity contribution < 1.29 is 14.4 Å². The van der Waals surface area contributed by atoms with Gasteiger partial charge in [0.1, 0.15) is 5.69 Å². The van der Waals surface area contributed by atoms with E-state index in [1.54, 1.807) is 37.2 Å². The molecular formula is C25H29ClN6O3S. The van der Waals surface area contributed by atoms with E-state index in [4.69, 9.17) is 11.6 Å². The van der Waals surface area contributed by atoms with Crippen molar-refractivity contribution in [1.29, 1.82) is 0 Å². The minimum atomic E-state index is -0.401. The SMILES string of the molecule is CN(C)C(=O)[C@H]1CC[C@H](NC(=O)c2cc3cc(Cl)ccc3[nH]2)[C@H](NC(=O)c2nc3c(s2)CNCC3)C1. The molecular weight excluding hydrogens is 500 g/mol. The molecule has 1 aliphatic carbocycles. The van der Waals surface area contributed by atoms with Crippen LogP contribution in [0.15, 0.2) is 24.3 Å². The third-order valence-electron chi connectivity index (χ3n) is 6.90. The number of benzene rings is 1. The highest BCUT2D eigenvalue weighted by Gasteiger charge is 2.37. The smallest absolute Gasteiger partial charge is 0.280 e. The average Bonchev–Trinajstić information content (AvgIpc) is 3.48. The molecule has 2 aliphatic rings.